The molecule has 0 saturated heterocycles. The van der Waals surface area contributed by atoms with E-state index in [-0.39, 0.29) is 11.2 Å². The van der Waals surface area contributed by atoms with E-state index >= 15 is 0 Å². The molecular weight excluding hydrogens is 258 g/mol. The number of rotatable bonds is 3. The molecular formula is C11H17NO3S2. The third kappa shape index (κ3) is 3.05. The molecule has 17 heavy (non-hydrogen) atoms. The predicted octanol–water partition coefficient (Wildman–Crippen LogP) is 1.78. The molecule has 0 aromatic carbocycles. The van der Waals surface area contributed by atoms with Crippen LogP contribution in [0.4, 0.5) is 0 Å². The Morgan fingerprint density at radius 2 is 2.29 bits per heavy atom. The molecule has 0 bridgehead atoms. The van der Waals surface area contributed by atoms with Gasteiger partial charge in [-0.05, 0) is 25.2 Å². The van der Waals surface area contributed by atoms with E-state index < -0.39 is 15.9 Å². The minimum atomic E-state index is -2.99. The van der Waals surface area contributed by atoms with E-state index in [2.05, 4.69) is 4.98 Å². The van der Waals surface area contributed by atoms with E-state index in [4.69, 9.17) is 0 Å². The molecule has 3 atom stereocenters. The summed E-state index contributed by atoms with van der Waals surface area (Å²) in [6.07, 6.45) is 5.37. The van der Waals surface area contributed by atoms with Gasteiger partial charge >= 0.3 is 0 Å². The zero-order valence-corrected chi connectivity index (χ0v) is 11.4. The molecule has 1 aromatic rings. The normalized spacial score (nSPS) is 27.9. The van der Waals surface area contributed by atoms with Gasteiger partial charge in [0, 0.05) is 17.8 Å². The van der Waals surface area contributed by atoms with E-state index in [0.717, 1.165) is 19.3 Å². The average molecular weight is 275 g/mol. The van der Waals surface area contributed by atoms with Gasteiger partial charge in [-0.2, -0.15) is 0 Å². The average Bonchev–Trinajstić information content (AvgIpc) is 2.80. The zero-order valence-electron chi connectivity index (χ0n) is 9.74. The fraction of sp³-hybridized carbons (Fsp3) is 0.727. The first-order valence-corrected chi connectivity index (χ1v) is 8.58. The summed E-state index contributed by atoms with van der Waals surface area (Å²) >= 11 is 1.42. The van der Waals surface area contributed by atoms with Gasteiger partial charge in [-0.3, -0.25) is 0 Å². The van der Waals surface area contributed by atoms with Crippen LogP contribution < -0.4 is 0 Å². The van der Waals surface area contributed by atoms with Crippen LogP contribution in [-0.4, -0.2) is 30.0 Å². The summed E-state index contributed by atoms with van der Waals surface area (Å²) < 4.78 is 23.1. The monoisotopic (exact) mass is 275 g/mol. The molecule has 1 aromatic heterocycles. The molecule has 0 radical (unpaired) electrons. The van der Waals surface area contributed by atoms with Gasteiger partial charge in [0.1, 0.15) is 20.9 Å². The Kier molecular flexibility index (Phi) is 3.85. The summed E-state index contributed by atoms with van der Waals surface area (Å²) in [5.41, 5.74) is 0. The minimum absolute atomic E-state index is 0.0228. The Morgan fingerprint density at radius 1 is 1.53 bits per heavy atom. The molecule has 0 aliphatic heterocycles. The van der Waals surface area contributed by atoms with Crippen molar-refractivity contribution in [3.8, 4) is 0 Å². The van der Waals surface area contributed by atoms with E-state index in [1.54, 1.807) is 6.20 Å². The smallest absolute Gasteiger partial charge is 0.150 e. The number of sulfone groups is 1. The topological polar surface area (TPSA) is 67.3 Å². The molecule has 0 amide bonds. The lowest BCUT2D eigenvalue weighted by atomic mass is 9.85. The molecule has 1 aliphatic carbocycles. The highest BCUT2D eigenvalue weighted by molar-refractivity contribution is 7.91. The van der Waals surface area contributed by atoms with Crippen molar-refractivity contribution in [3.63, 3.8) is 0 Å². The van der Waals surface area contributed by atoms with Gasteiger partial charge in [0.15, 0.2) is 0 Å². The van der Waals surface area contributed by atoms with Crippen molar-refractivity contribution in [3.05, 3.63) is 16.6 Å². The second-order valence-electron chi connectivity index (χ2n) is 4.69. The summed E-state index contributed by atoms with van der Waals surface area (Å²) in [7, 11) is -2.99. The Bertz CT molecular complexity index is 455. The third-order valence-electron chi connectivity index (χ3n) is 3.42. The summed E-state index contributed by atoms with van der Waals surface area (Å²) in [5, 5.41) is 12.4. The number of nitrogens with zero attached hydrogens (tertiary/aromatic N) is 1. The molecule has 3 unspecified atom stereocenters. The van der Waals surface area contributed by atoms with Crippen molar-refractivity contribution < 1.29 is 13.5 Å². The number of hydrogen-bond acceptors (Lipinski definition) is 5. The van der Waals surface area contributed by atoms with Gasteiger partial charge in [-0.1, -0.05) is 6.42 Å². The highest BCUT2D eigenvalue weighted by Crippen LogP contribution is 2.37. The van der Waals surface area contributed by atoms with Crippen LogP contribution in [0.25, 0.3) is 0 Å². The van der Waals surface area contributed by atoms with E-state index in [9.17, 15) is 13.5 Å². The van der Waals surface area contributed by atoms with Crippen LogP contribution in [0.15, 0.2) is 11.6 Å². The molecule has 1 N–H and O–H groups in total. The van der Waals surface area contributed by atoms with Gasteiger partial charge in [0.2, 0.25) is 0 Å². The summed E-state index contributed by atoms with van der Waals surface area (Å²) in [6.45, 7) is 0. The second kappa shape index (κ2) is 5.04. The molecule has 2 rings (SSSR count). The number of hydrogen-bond donors (Lipinski definition) is 1. The molecule has 1 saturated carbocycles. The fourth-order valence-electron chi connectivity index (χ4n) is 2.44. The lowest BCUT2D eigenvalue weighted by Gasteiger charge is -2.30. The van der Waals surface area contributed by atoms with Crippen LogP contribution in [0, 0.1) is 5.92 Å². The van der Waals surface area contributed by atoms with Crippen molar-refractivity contribution in [2.75, 3.05) is 6.26 Å². The largest absolute Gasteiger partial charge is 0.386 e. The van der Waals surface area contributed by atoms with Crippen molar-refractivity contribution in [1.82, 2.24) is 4.98 Å². The Labute approximate surface area is 106 Å². The zero-order chi connectivity index (χ0) is 12.5. The third-order valence-corrected chi connectivity index (χ3v) is 5.91. The fourth-order valence-corrected chi connectivity index (χ4v) is 4.35. The van der Waals surface area contributed by atoms with Gasteiger partial charge in [0.05, 0.1) is 5.25 Å². The van der Waals surface area contributed by atoms with Crippen molar-refractivity contribution in [2.45, 2.75) is 37.0 Å². The SMILES string of the molecule is CS(=O)(=O)C1CCCC(C(O)c2nccs2)C1. The van der Waals surface area contributed by atoms with Crippen LogP contribution >= 0.6 is 11.3 Å². The first-order valence-electron chi connectivity index (χ1n) is 5.75. The van der Waals surface area contributed by atoms with Crippen LogP contribution in [0.2, 0.25) is 0 Å². The summed E-state index contributed by atoms with van der Waals surface area (Å²) in [4.78, 5) is 4.10. The van der Waals surface area contributed by atoms with Crippen LogP contribution in [0.1, 0.15) is 36.8 Å². The molecule has 4 nitrogen and oxygen atoms in total. The first-order chi connectivity index (χ1) is 7.98. The second-order valence-corrected chi connectivity index (χ2v) is 7.95. The van der Waals surface area contributed by atoms with Crippen molar-refractivity contribution in [2.24, 2.45) is 5.92 Å². The molecule has 1 aliphatic rings. The molecule has 96 valence electrons. The number of aliphatic hydroxyl groups excluding tert-OH is 1. The molecule has 6 heteroatoms. The standard InChI is InChI=1S/C11H17NO3S2/c1-17(14,15)9-4-2-3-8(7-9)10(13)11-12-5-6-16-11/h5-6,8-10,13H,2-4,7H2,1H3. The summed E-state index contributed by atoms with van der Waals surface area (Å²) in [6, 6.07) is 0. The van der Waals surface area contributed by atoms with Crippen molar-refractivity contribution in [1.29, 1.82) is 0 Å². The quantitative estimate of drug-likeness (QED) is 0.913. The maximum Gasteiger partial charge on any atom is 0.150 e. The molecule has 1 heterocycles. The van der Waals surface area contributed by atoms with E-state index in [0.29, 0.717) is 11.4 Å². The lowest BCUT2D eigenvalue weighted by Crippen LogP contribution is -2.30. The number of thiazole rings is 1. The predicted molar refractivity (Wildman–Crippen MR) is 67.7 cm³/mol. The van der Waals surface area contributed by atoms with Gasteiger partial charge in [0.25, 0.3) is 0 Å². The van der Waals surface area contributed by atoms with Gasteiger partial charge < -0.3 is 5.11 Å². The minimum Gasteiger partial charge on any atom is -0.386 e. The van der Waals surface area contributed by atoms with Gasteiger partial charge in [-0.25, -0.2) is 13.4 Å². The molecule has 0 spiro atoms. The first kappa shape index (κ1) is 13.0. The Morgan fingerprint density at radius 3 is 2.88 bits per heavy atom. The Balaban J connectivity index is 2.07. The highest BCUT2D eigenvalue weighted by atomic mass is 32.2. The lowest BCUT2D eigenvalue weighted by molar-refractivity contribution is 0.0854. The maximum absolute atomic E-state index is 11.5. The highest BCUT2D eigenvalue weighted by Gasteiger charge is 2.33. The van der Waals surface area contributed by atoms with Crippen LogP contribution in [-0.2, 0) is 9.84 Å². The summed E-state index contributed by atoms with van der Waals surface area (Å²) in [5.74, 6) is 0.0228. The van der Waals surface area contributed by atoms with E-state index in [1.165, 1.54) is 17.6 Å². The maximum atomic E-state index is 11.5. The van der Waals surface area contributed by atoms with Crippen molar-refractivity contribution >= 4 is 21.2 Å². The van der Waals surface area contributed by atoms with Crippen LogP contribution in [0.5, 0.6) is 0 Å². The number of aromatic nitrogens is 1. The van der Waals surface area contributed by atoms with E-state index in [1.807, 2.05) is 5.38 Å². The Hall–Kier alpha value is -0.460. The van der Waals surface area contributed by atoms with Gasteiger partial charge in [-0.15, -0.1) is 11.3 Å². The number of aliphatic hydroxyl groups is 1. The van der Waals surface area contributed by atoms with Crippen LogP contribution in [0.3, 0.4) is 0 Å². The molecule has 1 fully saturated rings.